The highest BCUT2D eigenvalue weighted by Crippen LogP contribution is 2.00. The lowest BCUT2D eigenvalue weighted by Crippen LogP contribution is -1.67. The molecule has 1 aromatic rings. The standard InChI is InChI=1S/C8H10N2O/c1-7-2-3-8(11)6-10-9-5-4-7/h2-6,9,11H,1H3. The Morgan fingerprint density at radius 3 is 3.00 bits per heavy atom. The number of rotatable bonds is 0. The number of aryl methyl sites for hydroxylation is 1. The molecule has 11 heavy (non-hydrogen) atoms. The molecular formula is C8H10N2O. The zero-order chi connectivity index (χ0) is 8.10. The first kappa shape index (κ1) is 7.60. The van der Waals surface area contributed by atoms with Gasteiger partial charge in [0.2, 0.25) is 0 Å². The van der Waals surface area contributed by atoms with Crippen molar-refractivity contribution in [3.05, 3.63) is 36.2 Å². The smallest absolute Gasteiger partial charge is 0.135 e. The Kier molecular flexibility index (Phi) is 2.49. The van der Waals surface area contributed by atoms with Crippen LogP contribution in [0.1, 0.15) is 5.56 Å². The third kappa shape index (κ3) is 2.71. The van der Waals surface area contributed by atoms with Crippen LogP contribution in [0.3, 0.4) is 0 Å². The van der Waals surface area contributed by atoms with Gasteiger partial charge in [-0.05, 0) is 24.6 Å². The molecule has 0 saturated carbocycles. The van der Waals surface area contributed by atoms with Gasteiger partial charge in [0.05, 0.1) is 6.20 Å². The Morgan fingerprint density at radius 1 is 1.36 bits per heavy atom. The maximum absolute atomic E-state index is 9.06. The first-order valence-electron chi connectivity index (χ1n) is 3.32. The summed E-state index contributed by atoms with van der Waals surface area (Å²) in [5, 5.41) is 15.4. The lowest BCUT2D eigenvalue weighted by Gasteiger charge is -1.80. The molecule has 58 valence electrons. The molecule has 3 heteroatoms. The zero-order valence-electron chi connectivity index (χ0n) is 6.28. The molecule has 0 spiro atoms. The number of aromatic hydroxyl groups is 1. The Morgan fingerprint density at radius 2 is 2.18 bits per heavy atom. The lowest BCUT2D eigenvalue weighted by molar-refractivity contribution is 0.473. The van der Waals surface area contributed by atoms with E-state index >= 15 is 0 Å². The van der Waals surface area contributed by atoms with Crippen molar-refractivity contribution in [3.63, 3.8) is 0 Å². The predicted molar refractivity (Wildman–Crippen MR) is 42.6 cm³/mol. The van der Waals surface area contributed by atoms with Crippen LogP contribution in [-0.2, 0) is 0 Å². The van der Waals surface area contributed by atoms with Gasteiger partial charge in [-0.2, -0.15) is 5.10 Å². The summed E-state index contributed by atoms with van der Waals surface area (Å²) in [6.45, 7) is 1.94. The van der Waals surface area contributed by atoms with Gasteiger partial charge in [0.15, 0.2) is 0 Å². The van der Waals surface area contributed by atoms with Gasteiger partial charge in [0.25, 0.3) is 0 Å². The molecule has 2 N–H and O–H groups in total. The Hall–Kier alpha value is -1.51. The average Bonchev–Trinajstić information content (AvgIpc) is 2.06. The zero-order valence-corrected chi connectivity index (χ0v) is 6.28. The van der Waals surface area contributed by atoms with E-state index in [0.717, 1.165) is 5.56 Å². The molecule has 0 bridgehead atoms. The first-order chi connectivity index (χ1) is 5.29. The fourth-order valence-corrected chi connectivity index (χ4v) is 0.631. The summed E-state index contributed by atoms with van der Waals surface area (Å²) in [6, 6.07) is 5.27. The van der Waals surface area contributed by atoms with Crippen LogP contribution in [0, 0.1) is 6.92 Å². The van der Waals surface area contributed by atoms with Crippen molar-refractivity contribution in [1.29, 1.82) is 0 Å². The normalized spacial score (nSPS) is 8.82. The fourth-order valence-electron chi connectivity index (χ4n) is 0.631. The average molecular weight is 150 g/mol. The van der Waals surface area contributed by atoms with Gasteiger partial charge in [-0.1, -0.05) is 6.07 Å². The molecule has 1 aromatic heterocycles. The van der Waals surface area contributed by atoms with Crippen molar-refractivity contribution in [3.8, 4) is 5.75 Å². The highest BCUT2D eigenvalue weighted by atomic mass is 16.3. The summed E-state index contributed by atoms with van der Waals surface area (Å²) < 4.78 is 0. The van der Waals surface area contributed by atoms with Crippen LogP contribution in [0.5, 0.6) is 5.75 Å². The monoisotopic (exact) mass is 150 g/mol. The first-order valence-corrected chi connectivity index (χ1v) is 3.32. The lowest BCUT2D eigenvalue weighted by atomic mass is 10.3. The molecule has 1 heterocycles. The SMILES string of the molecule is Cc1cc[nH]ncc(O)cc1. The van der Waals surface area contributed by atoms with Crippen molar-refractivity contribution < 1.29 is 5.11 Å². The molecule has 0 aliphatic carbocycles. The molecular weight excluding hydrogens is 140 g/mol. The van der Waals surface area contributed by atoms with Crippen LogP contribution in [0.4, 0.5) is 0 Å². The van der Waals surface area contributed by atoms with Gasteiger partial charge in [-0.15, -0.1) is 0 Å². The second-order valence-electron chi connectivity index (χ2n) is 2.22. The van der Waals surface area contributed by atoms with Crippen LogP contribution in [0.15, 0.2) is 30.6 Å². The highest BCUT2D eigenvalue weighted by Gasteiger charge is 1.78. The Bertz CT molecular complexity index is 252. The van der Waals surface area contributed by atoms with Gasteiger partial charge in [-0.25, -0.2) is 0 Å². The maximum atomic E-state index is 9.06. The minimum Gasteiger partial charge on any atom is -0.506 e. The number of aromatic nitrogens is 2. The molecule has 0 fully saturated rings. The molecule has 0 aliphatic heterocycles. The third-order valence-corrected chi connectivity index (χ3v) is 1.21. The number of H-pyrrole nitrogens is 1. The van der Waals surface area contributed by atoms with E-state index in [1.807, 2.05) is 19.1 Å². The van der Waals surface area contributed by atoms with Crippen LogP contribution in [0.25, 0.3) is 0 Å². The van der Waals surface area contributed by atoms with E-state index in [1.54, 1.807) is 12.3 Å². The highest BCUT2D eigenvalue weighted by molar-refractivity contribution is 5.15. The van der Waals surface area contributed by atoms with Crippen LogP contribution >= 0.6 is 0 Å². The van der Waals surface area contributed by atoms with Gasteiger partial charge in [0, 0.05) is 6.20 Å². The van der Waals surface area contributed by atoms with E-state index in [9.17, 15) is 0 Å². The Labute approximate surface area is 65.0 Å². The van der Waals surface area contributed by atoms with Gasteiger partial charge >= 0.3 is 0 Å². The summed E-state index contributed by atoms with van der Waals surface area (Å²) in [5.74, 6) is 0.139. The summed E-state index contributed by atoms with van der Waals surface area (Å²) >= 11 is 0. The molecule has 0 aliphatic rings. The van der Waals surface area contributed by atoms with Crippen molar-refractivity contribution >= 4 is 0 Å². The molecule has 1 rings (SSSR count). The fraction of sp³-hybridized carbons (Fsp3) is 0.125. The topological polar surface area (TPSA) is 48.9 Å². The van der Waals surface area contributed by atoms with Crippen molar-refractivity contribution in [2.45, 2.75) is 6.92 Å². The summed E-state index contributed by atoms with van der Waals surface area (Å²) in [4.78, 5) is 0. The number of nitrogens with zero attached hydrogens (tertiary/aromatic N) is 1. The minimum absolute atomic E-state index is 0.139. The second kappa shape index (κ2) is 3.61. The molecule has 0 atom stereocenters. The third-order valence-electron chi connectivity index (χ3n) is 1.21. The minimum atomic E-state index is 0.139. The van der Waals surface area contributed by atoms with E-state index in [-0.39, 0.29) is 5.75 Å². The summed E-state index contributed by atoms with van der Waals surface area (Å²) in [6.07, 6.45) is 3.05. The summed E-state index contributed by atoms with van der Waals surface area (Å²) in [7, 11) is 0. The molecule has 3 nitrogen and oxygen atoms in total. The van der Waals surface area contributed by atoms with E-state index < -0.39 is 0 Å². The molecule has 0 aromatic carbocycles. The number of hydrogen-bond donors (Lipinski definition) is 2. The maximum Gasteiger partial charge on any atom is 0.135 e. The van der Waals surface area contributed by atoms with E-state index in [0.29, 0.717) is 0 Å². The Balaban J connectivity index is 3.23. The quantitative estimate of drug-likeness (QED) is 0.589. The number of nitrogens with one attached hydrogen (secondary N) is 1. The van der Waals surface area contributed by atoms with Gasteiger partial charge < -0.3 is 5.11 Å². The number of hydrogen-bond acceptors (Lipinski definition) is 2. The molecule has 0 saturated heterocycles. The van der Waals surface area contributed by atoms with Crippen LogP contribution in [-0.4, -0.2) is 15.3 Å². The van der Waals surface area contributed by atoms with E-state index in [1.165, 1.54) is 6.20 Å². The van der Waals surface area contributed by atoms with Crippen molar-refractivity contribution in [2.24, 2.45) is 0 Å². The predicted octanol–water partition coefficient (Wildman–Crippen LogP) is 1.55. The molecule has 0 radical (unpaired) electrons. The molecule has 0 amide bonds. The van der Waals surface area contributed by atoms with Crippen molar-refractivity contribution in [2.75, 3.05) is 0 Å². The largest absolute Gasteiger partial charge is 0.506 e. The van der Waals surface area contributed by atoms with E-state index in [2.05, 4.69) is 10.2 Å². The summed E-state index contributed by atoms with van der Waals surface area (Å²) in [5.41, 5.74) is 1.05. The van der Waals surface area contributed by atoms with E-state index in [4.69, 9.17) is 5.11 Å². The second-order valence-corrected chi connectivity index (χ2v) is 2.22. The van der Waals surface area contributed by atoms with Crippen LogP contribution in [0.2, 0.25) is 0 Å². The van der Waals surface area contributed by atoms with Gasteiger partial charge in [0.1, 0.15) is 5.75 Å². The van der Waals surface area contributed by atoms with Crippen LogP contribution < -0.4 is 0 Å². The molecule has 0 unspecified atom stereocenters. The van der Waals surface area contributed by atoms with Gasteiger partial charge in [-0.3, -0.25) is 5.10 Å². The van der Waals surface area contributed by atoms with Crippen molar-refractivity contribution in [1.82, 2.24) is 10.2 Å². The number of aromatic amines is 1.